The van der Waals surface area contributed by atoms with Gasteiger partial charge in [0.25, 0.3) is 0 Å². The van der Waals surface area contributed by atoms with Crippen molar-refractivity contribution in [3.63, 3.8) is 0 Å². The highest BCUT2D eigenvalue weighted by Gasteiger charge is 2.46. The Labute approximate surface area is 107 Å². The second kappa shape index (κ2) is 4.88. The van der Waals surface area contributed by atoms with Gasteiger partial charge in [0.05, 0.1) is 5.41 Å². The van der Waals surface area contributed by atoms with E-state index >= 15 is 0 Å². The van der Waals surface area contributed by atoms with E-state index in [0.717, 1.165) is 19.3 Å². The SMILES string of the molecule is CC1(NC(=O)CC2(C(=O)O)CCC2)CCOCC1. The van der Waals surface area contributed by atoms with Gasteiger partial charge in [-0.15, -0.1) is 0 Å². The maximum atomic E-state index is 12.0. The lowest BCUT2D eigenvalue weighted by atomic mass is 9.66. The molecule has 2 rings (SSSR count). The van der Waals surface area contributed by atoms with Crippen LogP contribution in [0.4, 0.5) is 0 Å². The number of hydrogen-bond acceptors (Lipinski definition) is 3. The van der Waals surface area contributed by atoms with Crippen LogP contribution in [0.25, 0.3) is 0 Å². The van der Waals surface area contributed by atoms with Crippen LogP contribution in [-0.4, -0.2) is 35.7 Å². The predicted octanol–water partition coefficient (Wildman–Crippen LogP) is 1.32. The molecule has 5 nitrogen and oxygen atoms in total. The topological polar surface area (TPSA) is 75.6 Å². The number of ether oxygens (including phenoxy) is 1. The van der Waals surface area contributed by atoms with Crippen molar-refractivity contribution in [2.75, 3.05) is 13.2 Å². The number of carbonyl (C=O) groups is 2. The minimum Gasteiger partial charge on any atom is -0.481 e. The summed E-state index contributed by atoms with van der Waals surface area (Å²) >= 11 is 0. The molecule has 102 valence electrons. The largest absolute Gasteiger partial charge is 0.481 e. The van der Waals surface area contributed by atoms with E-state index in [-0.39, 0.29) is 17.9 Å². The van der Waals surface area contributed by atoms with Gasteiger partial charge in [-0.2, -0.15) is 0 Å². The molecule has 0 aromatic heterocycles. The normalized spacial score (nSPS) is 24.9. The van der Waals surface area contributed by atoms with Gasteiger partial charge < -0.3 is 15.2 Å². The average Bonchev–Trinajstić information content (AvgIpc) is 2.23. The monoisotopic (exact) mass is 255 g/mol. The summed E-state index contributed by atoms with van der Waals surface area (Å²) in [4.78, 5) is 23.2. The van der Waals surface area contributed by atoms with Gasteiger partial charge in [0.2, 0.25) is 5.91 Å². The van der Waals surface area contributed by atoms with E-state index in [1.54, 1.807) is 0 Å². The molecule has 2 N–H and O–H groups in total. The first-order chi connectivity index (χ1) is 8.46. The number of rotatable bonds is 4. The summed E-state index contributed by atoms with van der Waals surface area (Å²) in [5.41, 5.74) is -1.04. The Kier molecular flexibility index (Phi) is 3.61. The Morgan fingerprint density at radius 3 is 2.28 bits per heavy atom. The minimum absolute atomic E-state index is 0.110. The summed E-state index contributed by atoms with van der Waals surface area (Å²) in [6.45, 7) is 3.31. The molecule has 0 unspecified atom stereocenters. The smallest absolute Gasteiger partial charge is 0.310 e. The van der Waals surface area contributed by atoms with E-state index in [9.17, 15) is 14.7 Å². The fourth-order valence-corrected chi connectivity index (χ4v) is 2.70. The molecule has 1 heterocycles. The molecule has 0 spiro atoms. The van der Waals surface area contributed by atoms with Crippen LogP contribution in [0.2, 0.25) is 0 Å². The Balaban J connectivity index is 1.90. The third-order valence-corrected chi connectivity index (χ3v) is 4.30. The maximum Gasteiger partial charge on any atom is 0.310 e. The number of nitrogens with one attached hydrogen (secondary N) is 1. The lowest BCUT2D eigenvalue weighted by molar-refractivity contribution is -0.158. The lowest BCUT2D eigenvalue weighted by Gasteiger charge is -2.39. The molecule has 0 radical (unpaired) electrons. The van der Waals surface area contributed by atoms with Crippen LogP contribution in [0.15, 0.2) is 0 Å². The molecule has 2 fully saturated rings. The van der Waals surface area contributed by atoms with Crippen molar-refractivity contribution < 1.29 is 19.4 Å². The first-order valence-corrected chi connectivity index (χ1v) is 6.58. The molecule has 0 aromatic rings. The zero-order chi connectivity index (χ0) is 13.2. The number of hydrogen-bond donors (Lipinski definition) is 2. The molecule has 1 aliphatic carbocycles. The maximum absolute atomic E-state index is 12.0. The second-order valence-corrected chi connectivity index (χ2v) is 5.84. The summed E-state index contributed by atoms with van der Waals surface area (Å²) in [6.07, 6.45) is 3.84. The fourth-order valence-electron chi connectivity index (χ4n) is 2.70. The van der Waals surface area contributed by atoms with Gasteiger partial charge in [0, 0.05) is 25.2 Å². The van der Waals surface area contributed by atoms with E-state index < -0.39 is 11.4 Å². The van der Waals surface area contributed by atoms with E-state index in [0.29, 0.717) is 26.1 Å². The highest BCUT2D eigenvalue weighted by Crippen LogP contribution is 2.44. The molecule has 1 aliphatic heterocycles. The van der Waals surface area contributed by atoms with Crippen molar-refractivity contribution in [1.29, 1.82) is 0 Å². The van der Waals surface area contributed by atoms with Gasteiger partial charge in [-0.05, 0) is 32.6 Å². The zero-order valence-corrected chi connectivity index (χ0v) is 10.8. The minimum atomic E-state index is -0.832. The molecular formula is C13H21NO4. The second-order valence-electron chi connectivity index (χ2n) is 5.84. The summed E-state index contributed by atoms with van der Waals surface area (Å²) in [5, 5.41) is 12.2. The first-order valence-electron chi connectivity index (χ1n) is 6.58. The van der Waals surface area contributed by atoms with Gasteiger partial charge >= 0.3 is 5.97 Å². The molecule has 1 saturated carbocycles. The van der Waals surface area contributed by atoms with Gasteiger partial charge in [-0.25, -0.2) is 0 Å². The van der Waals surface area contributed by atoms with E-state index in [4.69, 9.17) is 4.74 Å². The van der Waals surface area contributed by atoms with Gasteiger partial charge in [-0.3, -0.25) is 9.59 Å². The van der Waals surface area contributed by atoms with Gasteiger partial charge in [0.15, 0.2) is 0 Å². The summed E-state index contributed by atoms with van der Waals surface area (Å²) in [6, 6.07) is 0. The van der Waals surface area contributed by atoms with Crippen molar-refractivity contribution >= 4 is 11.9 Å². The molecule has 2 aliphatic rings. The summed E-state index contributed by atoms with van der Waals surface area (Å²) in [7, 11) is 0. The standard InChI is InChI=1S/C13H21NO4/c1-12(5-7-18-8-6-12)14-10(15)9-13(11(16)17)3-2-4-13/h2-9H2,1H3,(H,14,15)(H,16,17). The predicted molar refractivity (Wildman–Crippen MR) is 65.1 cm³/mol. The Morgan fingerprint density at radius 2 is 1.83 bits per heavy atom. The zero-order valence-electron chi connectivity index (χ0n) is 10.8. The van der Waals surface area contributed by atoms with Crippen LogP contribution in [0.3, 0.4) is 0 Å². The molecule has 0 atom stereocenters. The molecule has 0 aromatic carbocycles. The number of carbonyl (C=O) groups excluding carboxylic acids is 1. The quantitative estimate of drug-likeness (QED) is 0.794. The summed E-state index contributed by atoms with van der Waals surface area (Å²) in [5.74, 6) is -0.970. The fraction of sp³-hybridized carbons (Fsp3) is 0.846. The molecule has 1 saturated heterocycles. The van der Waals surface area contributed by atoms with Crippen molar-refractivity contribution in [3.8, 4) is 0 Å². The molecule has 1 amide bonds. The van der Waals surface area contributed by atoms with Crippen LogP contribution in [0, 0.1) is 5.41 Å². The average molecular weight is 255 g/mol. The highest BCUT2D eigenvalue weighted by molar-refractivity contribution is 5.86. The van der Waals surface area contributed by atoms with Gasteiger partial charge in [0.1, 0.15) is 0 Å². The molecular weight excluding hydrogens is 234 g/mol. The Hall–Kier alpha value is -1.10. The third-order valence-electron chi connectivity index (χ3n) is 4.30. The molecule has 0 bridgehead atoms. The third kappa shape index (κ3) is 2.66. The number of amides is 1. The molecule has 18 heavy (non-hydrogen) atoms. The van der Waals surface area contributed by atoms with E-state index in [1.807, 2.05) is 6.92 Å². The van der Waals surface area contributed by atoms with Crippen LogP contribution in [-0.2, 0) is 14.3 Å². The highest BCUT2D eigenvalue weighted by atomic mass is 16.5. The number of carboxylic acid groups (broad SMARTS) is 1. The van der Waals surface area contributed by atoms with Crippen LogP contribution in [0.5, 0.6) is 0 Å². The van der Waals surface area contributed by atoms with E-state index in [2.05, 4.69) is 5.32 Å². The van der Waals surface area contributed by atoms with Crippen LogP contribution < -0.4 is 5.32 Å². The first kappa shape index (κ1) is 13.3. The van der Waals surface area contributed by atoms with E-state index in [1.165, 1.54) is 0 Å². The number of carboxylic acids is 1. The van der Waals surface area contributed by atoms with Crippen molar-refractivity contribution in [1.82, 2.24) is 5.32 Å². The van der Waals surface area contributed by atoms with Crippen molar-refractivity contribution in [2.45, 2.75) is 51.0 Å². The van der Waals surface area contributed by atoms with Crippen LogP contribution >= 0.6 is 0 Å². The Bertz CT molecular complexity index is 343. The lowest BCUT2D eigenvalue weighted by Crippen LogP contribution is -2.52. The molecule has 5 heteroatoms. The van der Waals surface area contributed by atoms with Crippen molar-refractivity contribution in [3.05, 3.63) is 0 Å². The Morgan fingerprint density at radius 1 is 1.22 bits per heavy atom. The summed E-state index contributed by atoms with van der Waals surface area (Å²) < 4.78 is 5.27. The number of aliphatic carboxylic acids is 1. The van der Waals surface area contributed by atoms with Crippen molar-refractivity contribution in [2.24, 2.45) is 5.41 Å². The van der Waals surface area contributed by atoms with Gasteiger partial charge in [-0.1, -0.05) is 6.42 Å². The van der Waals surface area contributed by atoms with Crippen LogP contribution in [0.1, 0.15) is 45.4 Å².